The SMILES string of the molecule is CS(=O)(=O)N1CCN(Cc2nc3c(N4CCOCC4)nc(-c4cnc5[nH]ccc5c4)nc3s2)CC1. The van der Waals surface area contributed by atoms with Crippen molar-refractivity contribution in [1.29, 1.82) is 0 Å². The molecule has 2 saturated heterocycles. The van der Waals surface area contributed by atoms with Crippen molar-refractivity contribution in [2.24, 2.45) is 0 Å². The number of rotatable bonds is 5. The van der Waals surface area contributed by atoms with Crippen LogP contribution in [0.5, 0.6) is 0 Å². The lowest BCUT2D eigenvalue weighted by Gasteiger charge is -2.32. The van der Waals surface area contributed by atoms with Gasteiger partial charge in [0, 0.05) is 62.6 Å². The Morgan fingerprint density at radius 1 is 1.09 bits per heavy atom. The number of pyridine rings is 1. The van der Waals surface area contributed by atoms with Gasteiger partial charge in [-0.25, -0.2) is 28.4 Å². The summed E-state index contributed by atoms with van der Waals surface area (Å²) in [5.74, 6) is 1.46. The van der Waals surface area contributed by atoms with Crippen LogP contribution < -0.4 is 4.90 Å². The number of sulfonamides is 1. The molecule has 1 N–H and O–H groups in total. The largest absolute Gasteiger partial charge is 0.378 e. The van der Waals surface area contributed by atoms with Gasteiger partial charge in [0.2, 0.25) is 10.0 Å². The van der Waals surface area contributed by atoms with Gasteiger partial charge in [-0.05, 0) is 12.1 Å². The van der Waals surface area contributed by atoms with Gasteiger partial charge in [0.05, 0.1) is 26.0 Å². The number of nitrogens with zero attached hydrogens (tertiary/aromatic N) is 7. The van der Waals surface area contributed by atoms with E-state index in [1.54, 1.807) is 17.5 Å². The molecule has 4 aromatic rings. The van der Waals surface area contributed by atoms with E-state index < -0.39 is 10.0 Å². The number of morpholine rings is 1. The van der Waals surface area contributed by atoms with E-state index in [9.17, 15) is 8.42 Å². The molecule has 13 heteroatoms. The van der Waals surface area contributed by atoms with E-state index in [0.717, 1.165) is 50.9 Å². The normalized spacial score (nSPS) is 18.6. The maximum atomic E-state index is 11.8. The molecule has 35 heavy (non-hydrogen) atoms. The second-order valence-corrected chi connectivity index (χ2v) is 11.9. The smallest absolute Gasteiger partial charge is 0.211 e. The van der Waals surface area contributed by atoms with E-state index in [-0.39, 0.29) is 0 Å². The molecular weight excluding hydrogens is 488 g/mol. The Balaban J connectivity index is 1.33. The van der Waals surface area contributed by atoms with E-state index in [4.69, 9.17) is 19.7 Å². The number of piperazine rings is 1. The van der Waals surface area contributed by atoms with Crippen molar-refractivity contribution in [2.75, 3.05) is 63.6 Å². The Hall–Kier alpha value is -2.71. The lowest BCUT2D eigenvalue weighted by molar-refractivity contribution is 0.122. The second-order valence-electron chi connectivity index (χ2n) is 8.81. The Labute approximate surface area is 206 Å². The Morgan fingerprint density at radius 2 is 1.89 bits per heavy atom. The zero-order valence-electron chi connectivity index (χ0n) is 19.3. The van der Waals surface area contributed by atoms with Gasteiger partial charge in [-0.3, -0.25) is 4.90 Å². The highest BCUT2D eigenvalue weighted by Gasteiger charge is 2.25. The molecule has 0 atom stereocenters. The predicted molar refractivity (Wildman–Crippen MR) is 135 cm³/mol. The topological polar surface area (TPSA) is 120 Å². The molecule has 6 rings (SSSR count). The molecule has 2 aliphatic heterocycles. The quantitative estimate of drug-likeness (QED) is 0.423. The molecule has 4 aromatic heterocycles. The summed E-state index contributed by atoms with van der Waals surface area (Å²) in [6.45, 7) is 5.83. The van der Waals surface area contributed by atoms with Gasteiger partial charge in [0.15, 0.2) is 11.6 Å². The minimum absolute atomic E-state index is 0.501. The molecule has 0 saturated carbocycles. The second kappa shape index (κ2) is 9.06. The van der Waals surface area contributed by atoms with E-state index in [1.165, 1.54) is 10.6 Å². The molecule has 0 aliphatic carbocycles. The fourth-order valence-corrected chi connectivity index (χ4v) is 6.32. The molecule has 11 nitrogen and oxygen atoms in total. The number of hydrogen-bond acceptors (Lipinski definition) is 10. The van der Waals surface area contributed by atoms with E-state index in [1.807, 2.05) is 18.3 Å². The third kappa shape index (κ3) is 4.61. The molecule has 0 spiro atoms. The van der Waals surface area contributed by atoms with Gasteiger partial charge in [-0.15, -0.1) is 0 Å². The number of hydrogen-bond donors (Lipinski definition) is 1. The van der Waals surface area contributed by atoms with Crippen LogP contribution in [0.15, 0.2) is 24.5 Å². The van der Waals surface area contributed by atoms with Crippen LogP contribution in [-0.4, -0.2) is 101 Å². The molecule has 2 aliphatic rings. The number of aromatic nitrogens is 5. The van der Waals surface area contributed by atoms with Crippen molar-refractivity contribution >= 4 is 48.6 Å². The van der Waals surface area contributed by atoms with Crippen molar-refractivity contribution in [3.63, 3.8) is 0 Å². The number of ether oxygens (including phenoxy) is 1. The molecule has 0 radical (unpaired) electrons. The van der Waals surface area contributed by atoms with E-state index in [0.29, 0.717) is 51.8 Å². The lowest BCUT2D eigenvalue weighted by Crippen LogP contribution is -2.47. The Kier molecular flexibility index (Phi) is 5.89. The molecule has 2 fully saturated rings. The van der Waals surface area contributed by atoms with Crippen LogP contribution in [0, 0.1) is 0 Å². The third-order valence-electron chi connectivity index (χ3n) is 6.41. The number of H-pyrrole nitrogens is 1. The molecule has 0 bridgehead atoms. The van der Waals surface area contributed by atoms with E-state index >= 15 is 0 Å². The number of aromatic amines is 1. The predicted octanol–water partition coefficient (Wildman–Crippen LogP) is 1.54. The van der Waals surface area contributed by atoms with Crippen molar-refractivity contribution in [1.82, 2.24) is 34.1 Å². The molecule has 0 unspecified atom stereocenters. The third-order valence-corrected chi connectivity index (χ3v) is 8.65. The summed E-state index contributed by atoms with van der Waals surface area (Å²) in [7, 11) is -3.15. The van der Waals surface area contributed by atoms with Crippen molar-refractivity contribution in [3.05, 3.63) is 29.5 Å². The molecule has 6 heterocycles. The van der Waals surface area contributed by atoms with Gasteiger partial charge in [-0.1, -0.05) is 11.3 Å². The zero-order valence-corrected chi connectivity index (χ0v) is 21.0. The summed E-state index contributed by atoms with van der Waals surface area (Å²) >= 11 is 1.57. The number of fused-ring (bicyclic) bond motifs is 2. The monoisotopic (exact) mass is 514 g/mol. The van der Waals surface area contributed by atoms with Crippen LogP contribution in [0.4, 0.5) is 5.82 Å². The molecular formula is C22H26N8O3S2. The van der Waals surface area contributed by atoms with Crippen LogP contribution in [0.1, 0.15) is 5.01 Å². The van der Waals surface area contributed by atoms with Crippen molar-refractivity contribution in [2.45, 2.75) is 6.54 Å². The Bertz CT molecular complexity index is 1470. The summed E-state index contributed by atoms with van der Waals surface area (Å²) in [6.07, 6.45) is 4.94. The standard InChI is InChI=1S/C22H26N8O3S2/c1-35(31,32)30-6-4-28(5-7-30)14-17-25-18-21(29-8-10-33-11-9-29)26-20(27-22(18)34-17)16-12-15-2-3-23-19(15)24-13-16/h2-3,12-13H,4-11,14H2,1H3,(H,23,24). The number of thiazole rings is 1. The van der Waals surface area contributed by atoms with Crippen LogP contribution in [0.2, 0.25) is 0 Å². The van der Waals surface area contributed by atoms with Gasteiger partial charge in [0.25, 0.3) is 0 Å². The van der Waals surface area contributed by atoms with Gasteiger partial charge >= 0.3 is 0 Å². The summed E-state index contributed by atoms with van der Waals surface area (Å²) in [6, 6.07) is 4.04. The fraction of sp³-hybridized carbons (Fsp3) is 0.455. The first-order valence-corrected chi connectivity index (χ1v) is 14.2. The molecule has 0 aromatic carbocycles. The molecule has 184 valence electrons. The van der Waals surface area contributed by atoms with Gasteiger partial charge in [-0.2, -0.15) is 4.31 Å². The summed E-state index contributed by atoms with van der Waals surface area (Å²) in [5.41, 5.74) is 2.50. The number of nitrogens with one attached hydrogen (secondary N) is 1. The maximum absolute atomic E-state index is 11.8. The number of anilines is 1. The van der Waals surface area contributed by atoms with Gasteiger partial charge < -0.3 is 14.6 Å². The minimum atomic E-state index is -3.15. The van der Waals surface area contributed by atoms with Crippen molar-refractivity contribution in [3.8, 4) is 11.4 Å². The Morgan fingerprint density at radius 3 is 2.66 bits per heavy atom. The average Bonchev–Trinajstić information content (AvgIpc) is 3.49. The van der Waals surface area contributed by atoms with Crippen LogP contribution in [-0.2, 0) is 21.3 Å². The highest BCUT2D eigenvalue weighted by molar-refractivity contribution is 7.88. The summed E-state index contributed by atoms with van der Waals surface area (Å²) in [4.78, 5) is 27.7. The van der Waals surface area contributed by atoms with Gasteiger partial charge in [0.1, 0.15) is 21.0 Å². The average molecular weight is 515 g/mol. The highest BCUT2D eigenvalue weighted by Crippen LogP contribution is 2.32. The van der Waals surface area contributed by atoms with Crippen molar-refractivity contribution < 1.29 is 13.2 Å². The van der Waals surface area contributed by atoms with E-state index in [2.05, 4.69) is 19.8 Å². The molecule has 0 amide bonds. The fourth-order valence-electron chi connectivity index (χ4n) is 4.52. The summed E-state index contributed by atoms with van der Waals surface area (Å²) < 4.78 is 30.7. The maximum Gasteiger partial charge on any atom is 0.211 e. The van der Waals surface area contributed by atoms with Crippen LogP contribution in [0.25, 0.3) is 32.8 Å². The first-order chi connectivity index (χ1) is 16.9. The van der Waals surface area contributed by atoms with Crippen LogP contribution >= 0.6 is 11.3 Å². The lowest BCUT2D eigenvalue weighted by atomic mass is 10.2. The first kappa shape index (κ1) is 22.7. The highest BCUT2D eigenvalue weighted by atomic mass is 32.2. The first-order valence-electron chi connectivity index (χ1n) is 11.6. The summed E-state index contributed by atoms with van der Waals surface area (Å²) in [5, 5.41) is 1.96. The minimum Gasteiger partial charge on any atom is -0.378 e. The van der Waals surface area contributed by atoms with Crippen LogP contribution in [0.3, 0.4) is 0 Å². The zero-order chi connectivity index (χ0) is 24.0.